The van der Waals surface area contributed by atoms with E-state index in [1.165, 1.54) is 0 Å². The minimum Gasteiger partial charge on any atom is -0.351 e. The highest BCUT2D eigenvalue weighted by atomic mass is 32.1. The van der Waals surface area contributed by atoms with Crippen molar-refractivity contribution in [1.29, 1.82) is 0 Å². The number of hydrogen-bond acceptors (Lipinski definition) is 3. The van der Waals surface area contributed by atoms with Crippen LogP contribution in [0.1, 0.15) is 63.4 Å². The Morgan fingerprint density at radius 3 is 2.78 bits per heavy atom. The Kier molecular flexibility index (Phi) is 4.78. The summed E-state index contributed by atoms with van der Waals surface area (Å²) in [6.07, 6.45) is 5.24. The van der Waals surface area contributed by atoms with E-state index < -0.39 is 5.54 Å². The van der Waals surface area contributed by atoms with Gasteiger partial charge in [-0.05, 0) is 62.5 Å². The summed E-state index contributed by atoms with van der Waals surface area (Å²) in [6.45, 7) is 7.39. The summed E-state index contributed by atoms with van der Waals surface area (Å²) in [4.78, 5) is 28.4. The molecule has 1 aliphatic heterocycles. The van der Waals surface area contributed by atoms with Gasteiger partial charge in [0.1, 0.15) is 11.2 Å². The second-order valence-electron chi connectivity index (χ2n) is 8.45. The van der Waals surface area contributed by atoms with Crippen LogP contribution in [0.15, 0.2) is 17.5 Å². The van der Waals surface area contributed by atoms with Crippen molar-refractivity contribution in [3.8, 4) is 0 Å². The first-order chi connectivity index (χ1) is 12.9. The maximum Gasteiger partial charge on any atom is 0.271 e. The first kappa shape index (κ1) is 18.5. The van der Waals surface area contributed by atoms with Crippen LogP contribution in [0, 0.1) is 5.92 Å². The fraction of sp³-hybridized carbons (Fsp3) is 0.619. The quantitative estimate of drug-likeness (QED) is 0.861. The third kappa shape index (κ3) is 3.08. The van der Waals surface area contributed by atoms with Crippen LogP contribution in [0.3, 0.4) is 0 Å². The molecule has 1 N–H and O–H groups in total. The molecule has 2 aromatic rings. The molecule has 5 nitrogen and oxygen atoms in total. The van der Waals surface area contributed by atoms with Gasteiger partial charge in [-0.1, -0.05) is 13.8 Å². The summed E-state index contributed by atoms with van der Waals surface area (Å²) in [5.74, 6) is 0.712. The molecule has 4 rings (SSSR count). The molecule has 0 spiro atoms. The molecule has 0 saturated heterocycles. The number of fused-ring (bicyclic) bond motifs is 3. The minimum absolute atomic E-state index is 0.00779. The molecular weight excluding hydrogens is 358 g/mol. The fourth-order valence-corrected chi connectivity index (χ4v) is 5.41. The van der Waals surface area contributed by atoms with E-state index in [1.54, 1.807) is 16.2 Å². The Balaban J connectivity index is 1.65. The van der Waals surface area contributed by atoms with Crippen LogP contribution >= 0.6 is 11.3 Å². The van der Waals surface area contributed by atoms with Gasteiger partial charge >= 0.3 is 0 Å². The van der Waals surface area contributed by atoms with Crippen molar-refractivity contribution in [3.05, 3.63) is 23.2 Å². The molecule has 1 saturated carbocycles. The van der Waals surface area contributed by atoms with Gasteiger partial charge in [0.05, 0.1) is 16.8 Å². The van der Waals surface area contributed by atoms with Crippen molar-refractivity contribution >= 4 is 33.4 Å². The Labute approximate surface area is 164 Å². The maximum atomic E-state index is 13.4. The third-order valence-electron chi connectivity index (χ3n) is 6.34. The number of hydrogen-bond donors (Lipinski definition) is 1. The minimum atomic E-state index is -0.850. The Hall–Kier alpha value is -1.82. The third-order valence-corrected chi connectivity index (χ3v) is 7.19. The average molecular weight is 388 g/mol. The van der Waals surface area contributed by atoms with Crippen molar-refractivity contribution in [3.63, 3.8) is 0 Å². The molecule has 0 bridgehead atoms. The van der Waals surface area contributed by atoms with Crippen LogP contribution in [0.25, 0.3) is 10.2 Å². The first-order valence-corrected chi connectivity index (χ1v) is 11.0. The van der Waals surface area contributed by atoms with E-state index in [9.17, 15) is 9.59 Å². The molecular formula is C21H29N3O2S. The molecule has 1 aliphatic carbocycles. The van der Waals surface area contributed by atoms with Gasteiger partial charge in [0.15, 0.2) is 0 Å². The number of amides is 2. The molecule has 2 aromatic heterocycles. The molecule has 0 aromatic carbocycles. The summed E-state index contributed by atoms with van der Waals surface area (Å²) >= 11 is 1.64. The second-order valence-corrected chi connectivity index (χ2v) is 9.39. The normalized spacial score (nSPS) is 28.4. The molecule has 146 valence electrons. The first-order valence-electron chi connectivity index (χ1n) is 10.1. The predicted octanol–water partition coefficient (Wildman–Crippen LogP) is 4.02. The van der Waals surface area contributed by atoms with Crippen molar-refractivity contribution in [2.75, 3.05) is 6.54 Å². The molecule has 3 heterocycles. The molecule has 1 atom stereocenters. The lowest BCUT2D eigenvalue weighted by Crippen LogP contribution is -2.65. The molecule has 6 heteroatoms. The second kappa shape index (κ2) is 6.97. The number of rotatable bonds is 4. The lowest BCUT2D eigenvalue weighted by molar-refractivity contribution is -0.133. The Morgan fingerprint density at radius 1 is 1.33 bits per heavy atom. The van der Waals surface area contributed by atoms with Gasteiger partial charge in [0, 0.05) is 12.6 Å². The van der Waals surface area contributed by atoms with Crippen LogP contribution in [0.5, 0.6) is 0 Å². The monoisotopic (exact) mass is 387 g/mol. The summed E-state index contributed by atoms with van der Waals surface area (Å²) in [5.41, 5.74) is 0.920. The highest BCUT2D eigenvalue weighted by Crippen LogP contribution is 2.35. The Bertz CT molecular complexity index is 862. The van der Waals surface area contributed by atoms with Crippen molar-refractivity contribution in [2.45, 2.75) is 71.0 Å². The maximum absolute atomic E-state index is 13.4. The topological polar surface area (TPSA) is 54.3 Å². The molecule has 27 heavy (non-hydrogen) atoms. The molecule has 0 radical (unpaired) electrons. The highest BCUT2D eigenvalue weighted by molar-refractivity contribution is 7.17. The Morgan fingerprint density at radius 2 is 2.07 bits per heavy atom. The summed E-state index contributed by atoms with van der Waals surface area (Å²) in [5, 5.41) is 5.32. The van der Waals surface area contributed by atoms with Gasteiger partial charge in [-0.15, -0.1) is 11.3 Å². The number of thiophene rings is 1. The van der Waals surface area contributed by atoms with E-state index >= 15 is 0 Å². The summed E-state index contributed by atoms with van der Waals surface area (Å²) < 4.78 is 3.16. The fourth-order valence-electron chi connectivity index (χ4n) is 4.59. The van der Waals surface area contributed by atoms with E-state index in [0.29, 0.717) is 18.8 Å². The smallest absolute Gasteiger partial charge is 0.271 e. The SMILES string of the molecule is CCCN1C(=O)c2cc3sccc3n2CC1(C)C(=O)NC1CCC(C)CC1. The van der Waals surface area contributed by atoms with Gasteiger partial charge in [-0.25, -0.2) is 0 Å². The molecule has 2 amide bonds. The molecule has 2 aliphatic rings. The number of aromatic nitrogens is 1. The van der Waals surface area contributed by atoms with Gasteiger partial charge in [0.2, 0.25) is 5.91 Å². The van der Waals surface area contributed by atoms with Crippen LogP contribution in [0.4, 0.5) is 0 Å². The van der Waals surface area contributed by atoms with Gasteiger partial charge < -0.3 is 14.8 Å². The summed E-state index contributed by atoms with van der Waals surface area (Å²) in [6, 6.07) is 4.26. The number of carbonyl (C=O) groups is 2. The van der Waals surface area contributed by atoms with E-state index in [1.807, 2.05) is 29.0 Å². The van der Waals surface area contributed by atoms with Crippen LogP contribution in [0.2, 0.25) is 0 Å². The van der Waals surface area contributed by atoms with Crippen molar-refractivity contribution in [1.82, 2.24) is 14.8 Å². The average Bonchev–Trinajstić information content (AvgIpc) is 3.23. The molecule has 1 unspecified atom stereocenters. The zero-order chi connectivity index (χ0) is 19.2. The standard InChI is InChI=1S/C21H29N3O2S/c1-4-10-24-19(25)17-12-18-16(9-11-27-18)23(17)13-21(24,3)20(26)22-15-7-5-14(2)6-8-15/h9,11-12,14-15H,4-8,10,13H2,1-3H3,(H,22,26). The zero-order valence-corrected chi connectivity index (χ0v) is 17.3. The van der Waals surface area contributed by atoms with Crippen molar-refractivity contribution in [2.24, 2.45) is 5.92 Å². The van der Waals surface area contributed by atoms with E-state index in [2.05, 4.69) is 19.2 Å². The number of nitrogens with zero attached hydrogens (tertiary/aromatic N) is 2. The van der Waals surface area contributed by atoms with Crippen LogP contribution in [-0.2, 0) is 11.3 Å². The number of nitrogens with one attached hydrogen (secondary N) is 1. The van der Waals surface area contributed by atoms with Crippen LogP contribution < -0.4 is 5.32 Å². The van der Waals surface area contributed by atoms with Gasteiger partial charge in [-0.3, -0.25) is 9.59 Å². The van der Waals surface area contributed by atoms with E-state index in [0.717, 1.165) is 48.2 Å². The molecule has 1 fully saturated rings. The summed E-state index contributed by atoms with van der Waals surface area (Å²) in [7, 11) is 0. The van der Waals surface area contributed by atoms with Crippen LogP contribution in [-0.4, -0.2) is 39.4 Å². The predicted molar refractivity (Wildman–Crippen MR) is 109 cm³/mol. The lowest BCUT2D eigenvalue weighted by Gasteiger charge is -2.45. The van der Waals surface area contributed by atoms with Gasteiger partial charge in [0.25, 0.3) is 5.91 Å². The highest BCUT2D eigenvalue weighted by Gasteiger charge is 2.47. The lowest BCUT2D eigenvalue weighted by atomic mass is 9.86. The van der Waals surface area contributed by atoms with E-state index in [4.69, 9.17) is 0 Å². The largest absolute Gasteiger partial charge is 0.351 e. The number of carbonyl (C=O) groups excluding carboxylic acids is 2. The van der Waals surface area contributed by atoms with E-state index in [-0.39, 0.29) is 17.9 Å². The van der Waals surface area contributed by atoms with Gasteiger partial charge in [-0.2, -0.15) is 0 Å². The zero-order valence-electron chi connectivity index (χ0n) is 16.5. The van der Waals surface area contributed by atoms with Crippen molar-refractivity contribution < 1.29 is 9.59 Å².